The molecule has 1 aromatic carbocycles. The smallest absolute Gasteiger partial charge is 0.318 e. The summed E-state index contributed by atoms with van der Waals surface area (Å²) in [7, 11) is 0. The summed E-state index contributed by atoms with van der Waals surface area (Å²) >= 11 is 0. The largest absolute Gasteiger partial charge is 0.334 e. The molecular formula is C17H22N4O. The Morgan fingerprint density at radius 1 is 1.32 bits per heavy atom. The van der Waals surface area contributed by atoms with Crippen molar-refractivity contribution >= 4 is 6.03 Å². The molecule has 0 spiro atoms. The van der Waals surface area contributed by atoms with E-state index in [1.165, 1.54) is 0 Å². The van der Waals surface area contributed by atoms with Gasteiger partial charge in [-0.3, -0.25) is 0 Å². The first-order valence-electron chi connectivity index (χ1n) is 7.71. The van der Waals surface area contributed by atoms with E-state index in [4.69, 9.17) is 0 Å². The van der Waals surface area contributed by atoms with Crippen LogP contribution in [0.1, 0.15) is 32.3 Å². The molecule has 1 fully saturated rings. The van der Waals surface area contributed by atoms with Gasteiger partial charge in [0.25, 0.3) is 0 Å². The third-order valence-corrected chi connectivity index (χ3v) is 4.30. The number of aromatic nitrogens is 2. The van der Waals surface area contributed by atoms with Crippen LogP contribution in [0.2, 0.25) is 0 Å². The van der Waals surface area contributed by atoms with Gasteiger partial charge in [0.05, 0.1) is 5.69 Å². The SMILES string of the molecule is CC1(C)CCCN1C(=O)NCc1ccc(-n2cccn2)cc1. The number of carbonyl (C=O) groups is 1. The Bertz CT molecular complexity index is 631. The van der Waals surface area contributed by atoms with Gasteiger partial charge in [-0.25, -0.2) is 9.48 Å². The molecule has 0 bridgehead atoms. The van der Waals surface area contributed by atoms with Crippen molar-refractivity contribution in [3.8, 4) is 5.69 Å². The minimum atomic E-state index is -0.0337. The van der Waals surface area contributed by atoms with Gasteiger partial charge in [0.2, 0.25) is 0 Å². The number of nitrogens with zero attached hydrogens (tertiary/aromatic N) is 3. The van der Waals surface area contributed by atoms with Gasteiger partial charge in [0, 0.05) is 31.0 Å². The fourth-order valence-corrected chi connectivity index (χ4v) is 2.95. The molecule has 0 atom stereocenters. The van der Waals surface area contributed by atoms with Crippen LogP contribution in [0.4, 0.5) is 4.79 Å². The number of benzene rings is 1. The molecule has 0 unspecified atom stereocenters. The lowest BCUT2D eigenvalue weighted by Gasteiger charge is -2.31. The van der Waals surface area contributed by atoms with Crippen LogP contribution >= 0.6 is 0 Å². The maximum atomic E-state index is 12.3. The van der Waals surface area contributed by atoms with Crippen molar-refractivity contribution in [2.45, 2.75) is 38.8 Å². The average molecular weight is 298 g/mol. The molecule has 1 N–H and O–H groups in total. The highest BCUT2D eigenvalue weighted by Crippen LogP contribution is 2.27. The summed E-state index contributed by atoms with van der Waals surface area (Å²) in [6.07, 6.45) is 5.82. The van der Waals surface area contributed by atoms with Crippen LogP contribution in [0.15, 0.2) is 42.7 Å². The highest BCUT2D eigenvalue weighted by atomic mass is 16.2. The highest BCUT2D eigenvalue weighted by Gasteiger charge is 2.35. The van der Waals surface area contributed by atoms with Gasteiger partial charge in [-0.05, 0) is 50.5 Å². The van der Waals surface area contributed by atoms with Crippen molar-refractivity contribution in [3.05, 3.63) is 48.3 Å². The zero-order chi connectivity index (χ0) is 15.6. The van der Waals surface area contributed by atoms with E-state index in [2.05, 4.69) is 24.3 Å². The predicted molar refractivity (Wildman–Crippen MR) is 85.8 cm³/mol. The topological polar surface area (TPSA) is 50.2 Å². The third kappa shape index (κ3) is 2.98. The standard InChI is InChI=1S/C17H22N4O/c1-17(2)9-3-11-20(17)16(22)18-13-14-5-7-15(8-6-14)21-12-4-10-19-21/h4-8,10,12H,3,9,11,13H2,1-2H3,(H,18,22). The quantitative estimate of drug-likeness (QED) is 0.947. The minimum Gasteiger partial charge on any atom is -0.334 e. The molecule has 0 saturated carbocycles. The van der Waals surface area contributed by atoms with Gasteiger partial charge >= 0.3 is 6.03 Å². The van der Waals surface area contributed by atoms with E-state index in [1.807, 2.05) is 46.1 Å². The molecule has 0 aliphatic carbocycles. The first-order valence-corrected chi connectivity index (χ1v) is 7.71. The van der Waals surface area contributed by atoms with E-state index in [0.717, 1.165) is 30.6 Å². The number of amides is 2. The van der Waals surface area contributed by atoms with E-state index >= 15 is 0 Å². The Morgan fingerprint density at radius 3 is 2.68 bits per heavy atom. The molecule has 2 aromatic rings. The van der Waals surface area contributed by atoms with Crippen LogP contribution < -0.4 is 5.32 Å². The van der Waals surface area contributed by atoms with Crippen LogP contribution in [0.25, 0.3) is 5.69 Å². The zero-order valence-corrected chi connectivity index (χ0v) is 13.1. The molecule has 0 radical (unpaired) electrons. The van der Waals surface area contributed by atoms with Gasteiger partial charge in [-0.2, -0.15) is 5.10 Å². The van der Waals surface area contributed by atoms with E-state index in [9.17, 15) is 4.79 Å². The third-order valence-electron chi connectivity index (χ3n) is 4.30. The summed E-state index contributed by atoms with van der Waals surface area (Å²) in [5.74, 6) is 0. The number of hydrogen-bond acceptors (Lipinski definition) is 2. The van der Waals surface area contributed by atoms with Crippen LogP contribution in [-0.4, -0.2) is 32.8 Å². The Hall–Kier alpha value is -2.30. The highest BCUT2D eigenvalue weighted by molar-refractivity contribution is 5.75. The van der Waals surface area contributed by atoms with Gasteiger partial charge in [0.15, 0.2) is 0 Å². The first kappa shape index (κ1) is 14.6. The number of carbonyl (C=O) groups excluding carboxylic acids is 1. The summed E-state index contributed by atoms with van der Waals surface area (Å²) in [5.41, 5.74) is 2.07. The lowest BCUT2D eigenvalue weighted by molar-refractivity contribution is 0.165. The van der Waals surface area contributed by atoms with E-state index in [-0.39, 0.29) is 11.6 Å². The molecule has 3 rings (SSSR count). The lowest BCUT2D eigenvalue weighted by atomic mass is 10.0. The van der Waals surface area contributed by atoms with Crippen molar-refractivity contribution in [2.75, 3.05) is 6.54 Å². The molecule has 2 heterocycles. The van der Waals surface area contributed by atoms with Crippen LogP contribution in [0.5, 0.6) is 0 Å². The zero-order valence-electron chi connectivity index (χ0n) is 13.1. The molecule has 116 valence electrons. The van der Waals surface area contributed by atoms with Crippen molar-refractivity contribution in [1.29, 1.82) is 0 Å². The number of urea groups is 1. The Kier molecular flexibility index (Phi) is 3.88. The fraction of sp³-hybridized carbons (Fsp3) is 0.412. The van der Waals surface area contributed by atoms with Crippen LogP contribution in [0.3, 0.4) is 0 Å². The molecule has 1 aromatic heterocycles. The normalized spacial score (nSPS) is 16.7. The summed E-state index contributed by atoms with van der Waals surface area (Å²) in [5, 5.41) is 7.21. The van der Waals surface area contributed by atoms with Crippen LogP contribution in [0, 0.1) is 0 Å². The molecule has 2 amide bonds. The average Bonchev–Trinajstić information content (AvgIpc) is 3.14. The second-order valence-corrected chi connectivity index (χ2v) is 6.34. The number of rotatable bonds is 3. The molecule has 22 heavy (non-hydrogen) atoms. The monoisotopic (exact) mass is 298 g/mol. The molecule has 5 heteroatoms. The number of hydrogen-bond donors (Lipinski definition) is 1. The number of nitrogens with one attached hydrogen (secondary N) is 1. The summed E-state index contributed by atoms with van der Waals surface area (Å²) < 4.78 is 1.81. The van der Waals surface area contributed by atoms with Gasteiger partial charge in [0.1, 0.15) is 0 Å². The second-order valence-electron chi connectivity index (χ2n) is 6.34. The maximum Gasteiger partial charge on any atom is 0.318 e. The number of likely N-dealkylation sites (tertiary alicyclic amines) is 1. The maximum absolute atomic E-state index is 12.3. The van der Waals surface area contributed by atoms with Crippen molar-refractivity contribution in [2.24, 2.45) is 0 Å². The summed E-state index contributed by atoms with van der Waals surface area (Å²) in [6, 6.07) is 9.98. The molecule has 1 saturated heterocycles. The molecular weight excluding hydrogens is 276 g/mol. The van der Waals surface area contributed by atoms with E-state index in [0.29, 0.717) is 6.54 Å². The first-order chi connectivity index (χ1) is 10.6. The fourth-order valence-electron chi connectivity index (χ4n) is 2.95. The van der Waals surface area contributed by atoms with Crippen molar-refractivity contribution < 1.29 is 4.79 Å². The van der Waals surface area contributed by atoms with Crippen molar-refractivity contribution in [3.63, 3.8) is 0 Å². The van der Waals surface area contributed by atoms with Crippen LogP contribution in [-0.2, 0) is 6.54 Å². The molecule has 1 aliphatic heterocycles. The Morgan fingerprint density at radius 2 is 2.09 bits per heavy atom. The van der Waals surface area contributed by atoms with Gasteiger partial charge < -0.3 is 10.2 Å². The summed E-state index contributed by atoms with van der Waals surface area (Å²) in [4.78, 5) is 14.2. The summed E-state index contributed by atoms with van der Waals surface area (Å²) in [6.45, 7) is 5.64. The van der Waals surface area contributed by atoms with Gasteiger partial charge in [-0.1, -0.05) is 12.1 Å². The molecule has 5 nitrogen and oxygen atoms in total. The predicted octanol–water partition coefficient (Wildman–Crippen LogP) is 2.96. The second kappa shape index (κ2) is 5.83. The van der Waals surface area contributed by atoms with E-state index in [1.54, 1.807) is 6.20 Å². The lowest BCUT2D eigenvalue weighted by Crippen LogP contribution is -2.47. The Balaban J connectivity index is 1.59. The minimum absolute atomic E-state index is 0.0265. The van der Waals surface area contributed by atoms with Gasteiger partial charge in [-0.15, -0.1) is 0 Å². The van der Waals surface area contributed by atoms with Crippen molar-refractivity contribution in [1.82, 2.24) is 20.0 Å². The molecule has 1 aliphatic rings. The Labute approximate surface area is 130 Å². The van der Waals surface area contributed by atoms with E-state index < -0.39 is 0 Å².